The molecule has 1 aromatic carbocycles. The van der Waals surface area contributed by atoms with Crippen LogP contribution in [0.1, 0.15) is 36.0 Å². The molecule has 2 aliphatic rings. The first kappa shape index (κ1) is 20.7. The number of piperidine rings is 1. The van der Waals surface area contributed by atoms with E-state index in [-0.39, 0.29) is 5.91 Å². The van der Waals surface area contributed by atoms with Gasteiger partial charge in [-0.2, -0.15) is 0 Å². The number of benzene rings is 1. The average molecular weight is 409 g/mol. The Morgan fingerprint density at radius 1 is 0.867 bits per heavy atom. The SMILES string of the molecule is O=C(c1ccc(OCCCN2CCCCC2)cc1)N1CCN(c2ccncc2)CC1. The molecule has 160 valence electrons. The Hall–Kier alpha value is -2.60. The van der Waals surface area contributed by atoms with E-state index in [1.165, 1.54) is 38.0 Å². The fourth-order valence-electron chi connectivity index (χ4n) is 4.26. The zero-order valence-corrected chi connectivity index (χ0v) is 17.7. The molecule has 2 aliphatic heterocycles. The van der Waals surface area contributed by atoms with Gasteiger partial charge >= 0.3 is 0 Å². The quantitative estimate of drug-likeness (QED) is 0.658. The zero-order valence-electron chi connectivity index (χ0n) is 17.7. The lowest BCUT2D eigenvalue weighted by Crippen LogP contribution is -2.48. The van der Waals surface area contributed by atoms with Gasteiger partial charge < -0.3 is 19.4 Å². The number of hydrogen-bond acceptors (Lipinski definition) is 5. The molecule has 0 radical (unpaired) electrons. The Morgan fingerprint density at radius 3 is 2.27 bits per heavy atom. The van der Waals surface area contributed by atoms with Crippen molar-refractivity contribution in [1.29, 1.82) is 0 Å². The maximum Gasteiger partial charge on any atom is 0.253 e. The van der Waals surface area contributed by atoms with Crippen molar-refractivity contribution in [2.45, 2.75) is 25.7 Å². The zero-order chi connectivity index (χ0) is 20.6. The number of amides is 1. The van der Waals surface area contributed by atoms with Crippen LogP contribution in [0.2, 0.25) is 0 Å². The molecule has 1 aromatic heterocycles. The van der Waals surface area contributed by atoms with Crippen LogP contribution in [-0.2, 0) is 0 Å². The van der Waals surface area contributed by atoms with Gasteiger partial charge in [0.1, 0.15) is 5.75 Å². The first-order chi connectivity index (χ1) is 14.8. The van der Waals surface area contributed by atoms with E-state index < -0.39 is 0 Å². The van der Waals surface area contributed by atoms with Gasteiger partial charge in [0.05, 0.1) is 6.61 Å². The number of piperazine rings is 1. The Balaban J connectivity index is 1.20. The summed E-state index contributed by atoms with van der Waals surface area (Å²) >= 11 is 0. The third-order valence-corrected chi connectivity index (χ3v) is 6.03. The molecule has 30 heavy (non-hydrogen) atoms. The van der Waals surface area contributed by atoms with Gasteiger partial charge in [-0.1, -0.05) is 6.42 Å². The highest BCUT2D eigenvalue weighted by atomic mass is 16.5. The summed E-state index contributed by atoms with van der Waals surface area (Å²) in [6, 6.07) is 11.6. The lowest BCUT2D eigenvalue weighted by atomic mass is 10.1. The van der Waals surface area contributed by atoms with Gasteiger partial charge in [0.25, 0.3) is 5.91 Å². The minimum Gasteiger partial charge on any atom is -0.494 e. The molecule has 0 bridgehead atoms. The third-order valence-electron chi connectivity index (χ3n) is 6.03. The predicted octanol–water partition coefficient (Wildman–Crippen LogP) is 3.30. The number of carbonyl (C=O) groups is 1. The summed E-state index contributed by atoms with van der Waals surface area (Å²) in [5, 5.41) is 0. The summed E-state index contributed by atoms with van der Waals surface area (Å²) < 4.78 is 5.88. The maximum absolute atomic E-state index is 12.8. The summed E-state index contributed by atoms with van der Waals surface area (Å²) in [4.78, 5) is 23.7. The van der Waals surface area contributed by atoms with E-state index in [4.69, 9.17) is 4.74 Å². The van der Waals surface area contributed by atoms with Crippen LogP contribution >= 0.6 is 0 Å². The second kappa shape index (κ2) is 10.4. The van der Waals surface area contributed by atoms with Crippen molar-refractivity contribution in [2.75, 3.05) is 57.3 Å². The lowest BCUT2D eigenvalue weighted by molar-refractivity contribution is 0.0746. The summed E-state index contributed by atoms with van der Waals surface area (Å²) in [7, 11) is 0. The number of nitrogens with zero attached hydrogens (tertiary/aromatic N) is 4. The number of hydrogen-bond donors (Lipinski definition) is 0. The van der Waals surface area contributed by atoms with Gasteiger partial charge in [-0.05, 0) is 68.8 Å². The molecule has 2 fully saturated rings. The molecule has 4 rings (SSSR count). The van der Waals surface area contributed by atoms with Crippen LogP contribution in [0.5, 0.6) is 5.75 Å². The Bertz CT molecular complexity index is 783. The molecule has 0 N–H and O–H groups in total. The van der Waals surface area contributed by atoms with Gasteiger partial charge in [-0.25, -0.2) is 0 Å². The van der Waals surface area contributed by atoms with Crippen molar-refractivity contribution in [3.63, 3.8) is 0 Å². The van der Waals surface area contributed by atoms with Gasteiger partial charge in [-0.3, -0.25) is 9.78 Å². The first-order valence-corrected chi connectivity index (χ1v) is 11.2. The van der Waals surface area contributed by atoms with E-state index in [0.717, 1.165) is 57.1 Å². The van der Waals surface area contributed by atoms with Crippen molar-refractivity contribution in [1.82, 2.24) is 14.8 Å². The molecule has 0 atom stereocenters. The van der Waals surface area contributed by atoms with E-state index in [0.29, 0.717) is 0 Å². The van der Waals surface area contributed by atoms with Gasteiger partial charge in [-0.15, -0.1) is 0 Å². The van der Waals surface area contributed by atoms with E-state index in [2.05, 4.69) is 14.8 Å². The second-order valence-corrected chi connectivity index (χ2v) is 8.11. The number of ether oxygens (including phenoxy) is 1. The van der Waals surface area contributed by atoms with Crippen LogP contribution in [0.4, 0.5) is 5.69 Å². The lowest BCUT2D eigenvalue weighted by Gasteiger charge is -2.36. The predicted molar refractivity (Wildman–Crippen MR) is 119 cm³/mol. The molecule has 2 aromatic rings. The smallest absolute Gasteiger partial charge is 0.253 e. The minimum absolute atomic E-state index is 0.0982. The average Bonchev–Trinajstić information content (AvgIpc) is 2.83. The van der Waals surface area contributed by atoms with Crippen molar-refractivity contribution in [3.05, 3.63) is 54.4 Å². The van der Waals surface area contributed by atoms with Crippen molar-refractivity contribution in [2.24, 2.45) is 0 Å². The van der Waals surface area contributed by atoms with E-state index in [1.54, 1.807) is 0 Å². The highest BCUT2D eigenvalue weighted by molar-refractivity contribution is 5.94. The molecule has 1 amide bonds. The number of rotatable bonds is 7. The summed E-state index contributed by atoms with van der Waals surface area (Å²) in [6.45, 7) is 7.44. The van der Waals surface area contributed by atoms with Crippen LogP contribution in [0.3, 0.4) is 0 Å². The van der Waals surface area contributed by atoms with Crippen LogP contribution in [0, 0.1) is 0 Å². The van der Waals surface area contributed by atoms with E-state index in [1.807, 2.05) is 53.7 Å². The van der Waals surface area contributed by atoms with Crippen LogP contribution in [-0.4, -0.2) is 73.1 Å². The van der Waals surface area contributed by atoms with Crippen molar-refractivity contribution < 1.29 is 9.53 Å². The Morgan fingerprint density at radius 2 is 1.57 bits per heavy atom. The molecular formula is C24H32N4O2. The van der Waals surface area contributed by atoms with Crippen molar-refractivity contribution >= 4 is 11.6 Å². The molecule has 6 nitrogen and oxygen atoms in total. The number of aromatic nitrogens is 1. The van der Waals surface area contributed by atoms with Crippen LogP contribution in [0.15, 0.2) is 48.8 Å². The van der Waals surface area contributed by atoms with E-state index in [9.17, 15) is 4.79 Å². The number of likely N-dealkylation sites (tertiary alicyclic amines) is 1. The minimum atomic E-state index is 0.0982. The van der Waals surface area contributed by atoms with Crippen molar-refractivity contribution in [3.8, 4) is 5.75 Å². The number of pyridine rings is 1. The highest BCUT2D eigenvalue weighted by Crippen LogP contribution is 2.18. The summed E-state index contributed by atoms with van der Waals surface area (Å²) in [5.41, 5.74) is 1.90. The largest absolute Gasteiger partial charge is 0.494 e. The molecule has 0 saturated carbocycles. The van der Waals surface area contributed by atoms with E-state index >= 15 is 0 Å². The Kier molecular flexibility index (Phi) is 7.19. The highest BCUT2D eigenvalue weighted by Gasteiger charge is 2.22. The van der Waals surface area contributed by atoms with Crippen LogP contribution < -0.4 is 9.64 Å². The van der Waals surface area contributed by atoms with Crippen LogP contribution in [0.25, 0.3) is 0 Å². The summed E-state index contributed by atoms with van der Waals surface area (Å²) in [5.74, 6) is 0.939. The molecular weight excluding hydrogens is 376 g/mol. The second-order valence-electron chi connectivity index (χ2n) is 8.11. The molecule has 6 heteroatoms. The molecule has 0 aliphatic carbocycles. The molecule has 3 heterocycles. The molecule has 2 saturated heterocycles. The normalized spacial score (nSPS) is 17.7. The summed E-state index contributed by atoms with van der Waals surface area (Å²) in [6.07, 6.45) is 8.69. The Labute approximate surface area is 179 Å². The molecule has 0 unspecified atom stereocenters. The third kappa shape index (κ3) is 5.51. The fourth-order valence-corrected chi connectivity index (χ4v) is 4.26. The fraction of sp³-hybridized carbons (Fsp3) is 0.500. The monoisotopic (exact) mass is 408 g/mol. The topological polar surface area (TPSA) is 48.9 Å². The number of anilines is 1. The number of carbonyl (C=O) groups excluding carboxylic acids is 1. The maximum atomic E-state index is 12.8. The van der Waals surface area contributed by atoms with Gasteiger partial charge in [0.15, 0.2) is 0 Å². The first-order valence-electron chi connectivity index (χ1n) is 11.2. The van der Waals surface area contributed by atoms with Gasteiger partial charge in [0.2, 0.25) is 0 Å². The molecule has 0 spiro atoms. The standard InChI is InChI=1S/C24H32N4O2/c29-24(28-18-16-27(17-19-28)22-9-11-25-12-10-22)21-5-7-23(8-6-21)30-20-4-15-26-13-2-1-3-14-26/h5-12H,1-4,13-20H2. The van der Waals surface area contributed by atoms with Gasteiger partial charge in [0, 0.05) is 56.4 Å².